The van der Waals surface area contributed by atoms with Gasteiger partial charge in [0.25, 0.3) is 5.69 Å². The van der Waals surface area contributed by atoms with Crippen LogP contribution in [0.1, 0.15) is 57.1 Å². The molecule has 3 N–H and O–H groups in total. The molecule has 15 heteroatoms. The van der Waals surface area contributed by atoms with Gasteiger partial charge in [-0.3, -0.25) is 34.3 Å². The summed E-state index contributed by atoms with van der Waals surface area (Å²) in [5.41, 5.74) is 8.36. The first-order valence-corrected chi connectivity index (χ1v) is 22.3. The summed E-state index contributed by atoms with van der Waals surface area (Å²) in [5.74, 6) is 2.57. The number of morpholine rings is 1. The Morgan fingerprint density at radius 3 is 2.12 bits per heavy atom. The fraction of sp³-hybridized carbons (Fsp3) is 0.222. The number of aliphatic hydroxyl groups is 1. The third-order valence-electron chi connectivity index (χ3n) is 12.9. The number of nitrogens with zero attached hydrogens (tertiary/aromatic N) is 4. The van der Waals surface area contributed by atoms with Gasteiger partial charge in [0.15, 0.2) is 0 Å². The first-order chi connectivity index (χ1) is 33.5. The Balaban J connectivity index is 1.24. The second-order valence-corrected chi connectivity index (χ2v) is 17.1. The smallest absolute Gasteiger partial charge is 0.421 e. The second-order valence-electron chi connectivity index (χ2n) is 17.1. The number of anilines is 1. The number of nitro groups is 1. The number of nitro benzene ring substituents is 1. The molecule has 15 nitrogen and oxygen atoms in total. The van der Waals surface area contributed by atoms with E-state index >= 15 is 9.59 Å². The van der Waals surface area contributed by atoms with E-state index in [2.05, 4.69) is 11.8 Å². The van der Waals surface area contributed by atoms with Crippen LogP contribution in [0.3, 0.4) is 0 Å². The molecule has 0 bridgehead atoms. The number of hydrogen-bond acceptors (Lipinski definition) is 12. The molecular weight excluding hydrogens is 879 g/mol. The molecule has 0 aliphatic carbocycles. The van der Waals surface area contributed by atoms with Crippen LogP contribution in [0, 0.1) is 27.9 Å². The van der Waals surface area contributed by atoms with Crippen molar-refractivity contribution in [1.29, 1.82) is 0 Å². The lowest BCUT2D eigenvalue weighted by molar-refractivity contribution is -0.384. The highest BCUT2D eigenvalue weighted by Gasteiger charge is 2.75. The molecule has 3 aliphatic rings. The van der Waals surface area contributed by atoms with Crippen molar-refractivity contribution in [3.63, 3.8) is 0 Å². The average Bonchev–Trinajstić information content (AvgIpc) is 3.82. The monoisotopic (exact) mass is 925 g/mol. The zero-order valence-corrected chi connectivity index (χ0v) is 37.4. The zero-order chi connectivity index (χ0) is 48.2. The molecule has 0 aromatic heterocycles. The van der Waals surface area contributed by atoms with Crippen LogP contribution in [-0.4, -0.2) is 76.6 Å². The van der Waals surface area contributed by atoms with Crippen molar-refractivity contribution < 1.29 is 43.4 Å². The molecule has 6 aromatic carbocycles. The van der Waals surface area contributed by atoms with Crippen LogP contribution < -0.4 is 15.4 Å². The Kier molecular flexibility index (Phi) is 13.1. The normalized spacial score (nSPS) is 21.5. The van der Waals surface area contributed by atoms with E-state index in [0.717, 1.165) is 10.5 Å². The topological polar surface area (TPSA) is 195 Å². The number of primary amides is 1. The first-order valence-electron chi connectivity index (χ1n) is 22.3. The maximum absolute atomic E-state index is 16.2. The SMILES string of the molecule is CN(CC#Cc1ccc2c(c1)[C@]1(C(=O)N2C(=O)OCc2ccc([N+](=O)[O-])cc2)[C@H](c2ccc(OCCO)cc2)N2[C@H](c3ccccc3)[C@H](c3ccccc3)OC(=O)[C@H]2[C@@H]1C(N)=O)Cc1ccccc1. The van der Waals surface area contributed by atoms with Crippen LogP contribution in [0.5, 0.6) is 5.75 Å². The van der Waals surface area contributed by atoms with E-state index in [1.165, 1.54) is 24.3 Å². The standard InChI is InChI=1S/C54H47N5O10/c1-56(33-36-12-5-2-6-13-36)29-11-14-35-21-28-44-43(32-35)54(52(63)57(44)53(64)68-34-37-19-24-41(25-20-37)59(65)66)45(50(55)61)47-51(62)69-48(39-17-9-4-10-18-39)46(38-15-7-3-8-16-38)58(47)49(54)40-22-26-42(27-23-40)67-31-30-60/h2-10,12-13,15-28,32,45-49,60H,29-31,33-34H2,1H3,(H2,55,61)/t45-,46-,47-,48+,49+,54-/m1/s1. The predicted molar refractivity (Wildman–Crippen MR) is 253 cm³/mol. The van der Waals surface area contributed by atoms with Crippen molar-refractivity contribution in [1.82, 2.24) is 9.80 Å². The molecule has 6 atom stereocenters. The quantitative estimate of drug-likeness (QED) is 0.0525. The Labute approximate surface area is 397 Å². The minimum Gasteiger partial charge on any atom is -0.491 e. The van der Waals surface area contributed by atoms with Gasteiger partial charge in [-0.2, -0.15) is 0 Å². The van der Waals surface area contributed by atoms with Crippen LogP contribution in [0.4, 0.5) is 16.2 Å². The summed E-state index contributed by atoms with van der Waals surface area (Å²) in [4.78, 5) is 76.0. The predicted octanol–water partition coefficient (Wildman–Crippen LogP) is 6.94. The molecule has 0 saturated carbocycles. The van der Waals surface area contributed by atoms with Crippen LogP contribution in [0.25, 0.3) is 0 Å². The van der Waals surface area contributed by atoms with Crippen molar-refractivity contribution >= 4 is 35.3 Å². The number of hydrogen-bond donors (Lipinski definition) is 2. The molecular formula is C54H47N5O10. The largest absolute Gasteiger partial charge is 0.491 e. The van der Waals surface area contributed by atoms with Gasteiger partial charge < -0.3 is 25.1 Å². The third kappa shape index (κ3) is 8.68. The summed E-state index contributed by atoms with van der Waals surface area (Å²) in [6.45, 7) is 0.424. The van der Waals surface area contributed by atoms with Crippen LogP contribution in [-0.2, 0) is 42.4 Å². The van der Waals surface area contributed by atoms with Gasteiger partial charge in [0.2, 0.25) is 11.8 Å². The van der Waals surface area contributed by atoms with E-state index in [1.54, 1.807) is 42.5 Å². The Bertz CT molecular complexity index is 2950. The van der Waals surface area contributed by atoms with Gasteiger partial charge in [0.05, 0.1) is 41.8 Å². The summed E-state index contributed by atoms with van der Waals surface area (Å²) >= 11 is 0. The van der Waals surface area contributed by atoms with Crippen molar-refractivity contribution in [2.24, 2.45) is 11.7 Å². The molecule has 6 aromatic rings. The second kappa shape index (κ2) is 19.6. The lowest BCUT2D eigenvalue weighted by Crippen LogP contribution is -2.55. The number of amides is 3. The molecule has 9 rings (SSSR count). The number of ether oxygens (including phenoxy) is 3. The molecule has 3 heterocycles. The number of carbonyl (C=O) groups excluding carboxylic acids is 4. The van der Waals surface area contributed by atoms with Gasteiger partial charge in [0, 0.05) is 24.2 Å². The number of carbonyl (C=O) groups is 4. The summed E-state index contributed by atoms with van der Waals surface area (Å²) < 4.78 is 18.0. The number of rotatable bonds is 13. The molecule has 348 valence electrons. The third-order valence-corrected chi connectivity index (χ3v) is 12.9. The Morgan fingerprint density at radius 2 is 1.48 bits per heavy atom. The molecule has 2 fully saturated rings. The summed E-state index contributed by atoms with van der Waals surface area (Å²) in [5, 5.41) is 20.9. The fourth-order valence-corrected chi connectivity index (χ4v) is 10.1. The van der Waals surface area contributed by atoms with E-state index in [9.17, 15) is 24.8 Å². The van der Waals surface area contributed by atoms with Crippen LogP contribution >= 0.6 is 0 Å². The van der Waals surface area contributed by atoms with Gasteiger partial charge in [-0.1, -0.05) is 115 Å². The summed E-state index contributed by atoms with van der Waals surface area (Å²) in [7, 11) is 1.94. The number of benzene rings is 6. The van der Waals surface area contributed by atoms with Gasteiger partial charge in [-0.05, 0) is 82.9 Å². The zero-order valence-electron chi connectivity index (χ0n) is 37.4. The van der Waals surface area contributed by atoms with E-state index in [0.29, 0.717) is 46.7 Å². The van der Waals surface area contributed by atoms with Gasteiger partial charge in [-0.15, -0.1) is 0 Å². The van der Waals surface area contributed by atoms with Crippen molar-refractivity contribution in [2.75, 3.05) is 31.7 Å². The van der Waals surface area contributed by atoms with E-state index < -0.39 is 64.4 Å². The average molecular weight is 926 g/mol. The number of esters is 1. The minimum atomic E-state index is -2.11. The van der Waals surface area contributed by atoms with E-state index in [-0.39, 0.29) is 36.8 Å². The number of cyclic esters (lactones) is 1. The van der Waals surface area contributed by atoms with Crippen molar-refractivity contribution in [3.05, 3.63) is 207 Å². The highest BCUT2D eigenvalue weighted by molar-refractivity contribution is 6.23. The number of non-ortho nitro benzene ring substituents is 1. The van der Waals surface area contributed by atoms with Gasteiger partial charge in [-0.25, -0.2) is 9.69 Å². The Hall–Kier alpha value is -8.16. The number of nitrogens with two attached hydrogens (primary N) is 1. The first kappa shape index (κ1) is 46.0. The van der Waals surface area contributed by atoms with Crippen LogP contribution in [0.2, 0.25) is 0 Å². The van der Waals surface area contributed by atoms with E-state index in [1.807, 2.05) is 108 Å². The lowest BCUT2D eigenvalue weighted by Gasteiger charge is -2.46. The van der Waals surface area contributed by atoms with E-state index in [4.69, 9.17) is 19.9 Å². The lowest BCUT2D eigenvalue weighted by atomic mass is 9.65. The molecule has 0 unspecified atom stereocenters. The minimum absolute atomic E-state index is 0.0139. The molecule has 3 aliphatic heterocycles. The highest BCUT2D eigenvalue weighted by atomic mass is 16.6. The Morgan fingerprint density at radius 1 is 0.826 bits per heavy atom. The molecule has 3 amide bonds. The van der Waals surface area contributed by atoms with Gasteiger partial charge >= 0.3 is 12.1 Å². The number of aliphatic hydroxyl groups excluding tert-OH is 1. The van der Waals surface area contributed by atoms with Crippen molar-refractivity contribution in [2.45, 2.75) is 42.8 Å². The van der Waals surface area contributed by atoms with Gasteiger partial charge in [0.1, 0.15) is 36.5 Å². The maximum Gasteiger partial charge on any atom is 0.421 e. The highest BCUT2D eigenvalue weighted by Crippen LogP contribution is 2.65. The molecule has 69 heavy (non-hydrogen) atoms. The maximum atomic E-state index is 16.2. The molecule has 0 radical (unpaired) electrons. The fourth-order valence-electron chi connectivity index (χ4n) is 10.1. The summed E-state index contributed by atoms with van der Waals surface area (Å²) in [6.07, 6.45) is -2.04. The number of imide groups is 1. The molecule has 2 saturated heterocycles. The molecule has 1 spiro atoms. The van der Waals surface area contributed by atoms with Crippen molar-refractivity contribution in [3.8, 4) is 17.6 Å². The summed E-state index contributed by atoms with van der Waals surface area (Å²) in [6, 6.07) is 42.1. The number of fused-ring (bicyclic) bond motifs is 3. The van der Waals surface area contributed by atoms with Crippen LogP contribution in [0.15, 0.2) is 158 Å².